The van der Waals surface area contributed by atoms with Gasteiger partial charge < -0.3 is 27.6 Å². The second-order valence-corrected chi connectivity index (χ2v) is 23.8. The Morgan fingerprint density at radius 1 is 0.655 bits per heavy atom. The van der Waals surface area contributed by atoms with Crippen molar-refractivity contribution >= 4 is 46.3 Å². The predicted molar refractivity (Wildman–Crippen MR) is 141 cm³/mol. The third-order valence-electron chi connectivity index (χ3n) is 6.91. The maximum atomic E-state index is 4.16. The molecule has 0 aromatic rings. The monoisotopic (exact) mass is 452 g/mol. The van der Waals surface area contributed by atoms with Crippen molar-refractivity contribution in [1.82, 2.24) is 27.6 Å². The van der Waals surface area contributed by atoms with Crippen LogP contribution in [0, 0.1) is 0 Å². The molecule has 0 saturated carbocycles. The van der Waals surface area contributed by atoms with Crippen LogP contribution in [0.5, 0.6) is 0 Å². The Labute approximate surface area is 186 Å². The zero-order valence-corrected chi connectivity index (χ0v) is 24.3. The summed E-state index contributed by atoms with van der Waals surface area (Å²) in [5.74, 6) is 0. The molecule has 0 unspecified atom stereocenters. The van der Waals surface area contributed by atoms with Crippen molar-refractivity contribution in [2.75, 3.05) is 21.1 Å². The molecule has 166 valence electrons. The van der Waals surface area contributed by atoms with Crippen LogP contribution in [-0.2, 0) is 0 Å². The van der Waals surface area contributed by atoms with Crippen molar-refractivity contribution in [3.05, 3.63) is 0 Å². The van der Waals surface area contributed by atoms with Crippen LogP contribution in [0.4, 0.5) is 0 Å². The number of unbranched alkanes of at least 4 members (excludes halogenated alkanes) is 2. The maximum absolute atomic E-state index is 4.16. The summed E-state index contributed by atoms with van der Waals surface area (Å²) < 4.78 is 19.3. The standard InChI is InChI=1S/C17H47B3N6Si3/c1-12-14-16-18-23(3)19(17-15-13-2)25(5)20(24(18)4)26-28(8,9)21-27(6,7)22-29(26,10)11/h21-22H,12-17H2,1-11H3. The molecule has 2 saturated heterocycles. The van der Waals surface area contributed by atoms with E-state index in [1.807, 2.05) is 0 Å². The predicted octanol–water partition coefficient (Wildman–Crippen LogP) is 2.96. The summed E-state index contributed by atoms with van der Waals surface area (Å²) in [6.45, 7) is 20.7. The van der Waals surface area contributed by atoms with Crippen molar-refractivity contribution < 1.29 is 0 Å². The first-order valence-corrected chi connectivity index (χ1v) is 20.7. The third kappa shape index (κ3) is 5.51. The summed E-state index contributed by atoms with van der Waals surface area (Å²) in [6.07, 6.45) is 7.66. The van der Waals surface area contributed by atoms with Crippen molar-refractivity contribution in [1.29, 1.82) is 0 Å². The average Bonchev–Trinajstić information content (AvgIpc) is 2.55. The molecular weight excluding hydrogens is 405 g/mol. The molecular formula is C17H47B3N6Si3. The lowest BCUT2D eigenvalue weighted by Crippen LogP contribution is -2.94. The van der Waals surface area contributed by atoms with E-state index in [1.54, 1.807) is 0 Å². The van der Waals surface area contributed by atoms with Crippen LogP contribution in [0.25, 0.3) is 0 Å². The minimum Gasteiger partial charge on any atom is -0.360 e. The Balaban J connectivity index is 2.45. The summed E-state index contributed by atoms with van der Waals surface area (Å²) in [5.41, 5.74) is 0. The molecule has 0 aromatic carbocycles. The normalized spacial score (nSPS) is 26.4. The molecule has 12 heteroatoms. The molecule has 0 atom stereocenters. The number of hydrogen-bond donors (Lipinski definition) is 2. The quantitative estimate of drug-likeness (QED) is 0.579. The van der Waals surface area contributed by atoms with Gasteiger partial charge in [0.25, 0.3) is 14.0 Å². The Kier molecular flexibility index (Phi) is 8.58. The van der Waals surface area contributed by atoms with E-state index in [1.165, 1.54) is 38.3 Å². The van der Waals surface area contributed by atoms with Crippen LogP contribution < -0.4 is 9.30 Å². The Hall–Kier alpha value is 0.605. The van der Waals surface area contributed by atoms with E-state index in [0.717, 1.165) is 0 Å². The maximum Gasteiger partial charge on any atom is 0.370 e. The van der Waals surface area contributed by atoms with Crippen LogP contribution in [-0.4, -0.2) is 85.7 Å². The van der Waals surface area contributed by atoms with Crippen molar-refractivity contribution in [3.8, 4) is 0 Å². The Morgan fingerprint density at radius 3 is 1.38 bits per heavy atom. The highest BCUT2D eigenvalue weighted by atomic mass is 28.5. The van der Waals surface area contributed by atoms with E-state index < -0.39 is 25.2 Å². The van der Waals surface area contributed by atoms with Crippen LogP contribution in [0.2, 0.25) is 51.9 Å². The minimum absolute atomic E-state index is 0.364. The minimum atomic E-state index is -1.76. The van der Waals surface area contributed by atoms with Gasteiger partial charge in [0.1, 0.15) is 0 Å². The van der Waals surface area contributed by atoms with E-state index in [4.69, 9.17) is 0 Å². The molecule has 2 aliphatic heterocycles. The van der Waals surface area contributed by atoms with Crippen molar-refractivity contribution in [2.24, 2.45) is 0 Å². The van der Waals surface area contributed by atoms with Gasteiger partial charge in [0.05, 0.1) is 0 Å². The van der Waals surface area contributed by atoms with Gasteiger partial charge in [-0.15, -0.1) is 0 Å². The molecule has 0 aromatic heterocycles. The van der Waals surface area contributed by atoms with E-state index in [-0.39, 0.29) is 0 Å². The summed E-state index contributed by atoms with van der Waals surface area (Å²) in [4.78, 5) is 0. The summed E-state index contributed by atoms with van der Waals surface area (Å²) in [6, 6.07) is 0. The van der Waals surface area contributed by atoms with Gasteiger partial charge in [0, 0.05) is 0 Å². The highest BCUT2D eigenvalue weighted by molar-refractivity contribution is 7.10. The Morgan fingerprint density at radius 2 is 1.03 bits per heavy atom. The molecule has 6 nitrogen and oxygen atoms in total. The van der Waals surface area contributed by atoms with Gasteiger partial charge >= 0.3 is 7.12 Å². The molecule has 2 fully saturated rings. The first-order chi connectivity index (χ1) is 13.3. The second kappa shape index (κ2) is 9.62. The van der Waals surface area contributed by atoms with E-state index in [9.17, 15) is 0 Å². The third-order valence-corrected chi connectivity index (χ3v) is 23.0. The molecule has 0 bridgehead atoms. The molecule has 2 heterocycles. The topological polar surface area (TPSA) is 37.0 Å². The fourth-order valence-electron chi connectivity index (χ4n) is 6.28. The molecule has 0 amide bonds. The molecule has 0 aliphatic carbocycles. The summed E-state index contributed by atoms with van der Waals surface area (Å²) in [7, 11) is 2.38. The number of rotatable bonds is 7. The van der Waals surface area contributed by atoms with Gasteiger partial charge in [-0.25, -0.2) is 0 Å². The van der Waals surface area contributed by atoms with Gasteiger partial charge in [-0.1, -0.05) is 39.5 Å². The van der Waals surface area contributed by atoms with E-state index >= 15 is 0 Å². The molecule has 2 N–H and O–H groups in total. The van der Waals surface area contributed by atoms with E-state index in [2.05, 4.69) is 102 Å². The van der Waals surface area contributed by atoms with Crippen molar-refractivity contribution in [3.63, 3.8) is 0 Å². The summed E-state index contributed by atoms with van der Waals surface area (Å²) >= 11 is 0. The zero-order valence-electron chi connectivity index (χ0n) is 21.3. The van der Waals surface area contributed by atoms with Gasteiger partial charge in [-0.3, -0.25) is 0 Å². The van der Waals surface area contributed by atoms with Crippen LogP contribution in [0.3, 0.4) is 0 Å². The Bertz CT molecular complexity index is 515. The number of nitrogens with zero attached hydrogens (tertiary/aromatic N) is 4. The second-order valence-electron chi connectivity index (χ2n) is 11.0. The first-order valence-electron chi connectivity index (χ1n) is 11.8. The molecule has 29 heavy (non-hydrogen) atoms. The van der Waals surface area contributed by atoms with Crippen LogP contribution >= 0.6 is 0 Å². The fourth-order valence-corrected chi connectivity index (χ4v) is 28.8. The number of nitrogens with one attached hydrogen (secondary N) is 2. The molecule has 2 rings (SSSR count). The molecule has 2 aliphatic rings. The lowest BCUT2D eigenvalue weighted by atomic mass is 9.44. The smallest absolute Gasteiger partial charge is 0.360 e. The zero-order chi connectivity index (χ0) is 22.2. The average molecular weight is 452 g/mol. The highest BCUT2D eigenvalue weighted by Gasteiger charge is 2.60. The van der Waals surface area contributed by atoms with Crippen molar-refractivity contribution in [2.45, 2.75) is 91.5 Å². The van der Waals surface area contributed by atoms with Gasteiger partial charge in [0.15, 0.2) is 25.2 Å². The first kappa shape index (κ1) is 25.9. The number of hydrogen-bond acceptors (Lipinski definition) is 6. The van der Waals surface area contributed by atoms with E-state index in [0.29, 0.717) is 21.1 Å². The largest absolute Gasteiger partial charge is 0.370 e. The van der Waals surface area contributed by atoms with Crippen LogP contribution in [0.1, 0.15) is 39.5 Å². The summed E-state index contributed by atoms with van der Waals surface area (Å²) in [5, 5.41) is 0. The lowest BCUT2D eigenvalue weighted by Gasteiger charge is -2.64. The van der Waals surface area contributed by atoms with Gasteiger partial charge in [-0.05, 0) is 73.1 Å². The van der Waals surface area contributed by atoms with Crippen LogP contribution in [0.15, 0.2) is 0 Å². The van der Waals surface area contributed by atoms with Gasteiger partial charge in [-0.2, -0.15) is 0 Å². The SMILES string of the molecule is CCCCB1N(C)B(CCCC)N(C)B(N2[Si](C)(C)N[Si](C)(C)N[Si]2(C)C)N1C. The van der Waals surface area contributed by atoms with Gasteiger partial charge in [0.2, 0.25) is 0 Å². The fraction of sp³-hybridized carbons (Fsp3) is 1.00. The highest BCUT2D eigenvalue weighted by Crippen LogP contribution is 2.31. The molecule has 0 radical (unpaired) electrons. The lowest BCUT2D eigenvalue weighted by molar-refractivity contribution is 0.485. The molecule has 0 spiro atoms.